The van der Waals surface area contributed by atoms with Crippen LogP contribution in [0, 0.1) is 5.92 Å². The second-order valence-corrected chi connectivity index (χ2v) is 9.37. The lowest BCUT2D eigenvalue weighted by Gasteiger charge is -2.47. The molecule has 1 aromatic heterocycles. The van der Waals surface area contributed by atoms with Gasteiger partial charge in [0.25, 0.3) is 0 Å². The molecule has 3 aliphatic rings. The standard InChI is InChI=1S/C26H29N3O5/c30-23(10-11-24(31)32)28(18-8-9-18)25-19-4-1-2-6-21(19)29(22-7-3-5-20(22)25)26(33)34-16-17-12-14-27-15-13-17/h1-2,4,6,12-15,18,20,22,25H,3,5,7-11,16H2,(H,31,32). The van der Waals surface area contributed by atoms with Crippen LogP contribution in [-0.4, -0.2) is 45.0 Å². The Labute approximate surface area is 198 Å². The summed E-state index contributed by atoms with van der Waals surface area (Å²) in [6, 6.07) is 11.3. The molecule has 0 saturated heterocycles. The summed E-state index contributed by atoms with van der Waals surface area (Å²) in [5.74, 6) is -0.975. The van der Waals surface area contributed by atoms with E-state index < -0.39 is 5.97 Å². The SMILES string of the molecule is O=C(O)CCC(=O)N(C1CC1)C1c2ccccc2N(C(=O)OCc2ccncc2)C2CCCC21. The molecule has 0 bridgehead atoms. The first-order chi connectivity index (χ1) is 16.5. The Balaban J connectivity index is 1.46. The van der Waals surface area contributed by atoms with Crippen molar-refractivity contribution in [3.8, 4) is 0 Å². The third-order valence-electron chi connectivity index (χ3n) is 7.17. The van der Waals surface area contributed by atoms with Crippen LogP contribution in [0.3, 0.4) is 0 Å². The number of ether oxygens (including phenoxy) is 1. The number of carboxylic acids is 1. The van der Waals surface area contributed by atoms with Crippen LogP contribution in [-0.2, 0) is 20.9 Å². The number of carbonyl (C=O) groups is 3. The zero-order chi connectivity index (χ0) is 23.7. The first kappa shape index (κ1) is 22.4. The molecule has 34 heavy (non-hydrogen) atoms. The number of para-hydroxylation sites is 1. The van der Waals surface area contributed by atoms with Crippen LogP contribution in [0.25, 0.3) is 0 Å². The molecule has 0 radical (unpaired) electrons. The summed E-state index contributed by atoms with van der Waals surface area (Å²) in [4.78, 5) is 45.5. The van der Waals surface area contributed by atoms with E-state index in [2.05, 4.69) is 4.98 Å². The lowest BCUT2D eigenvalue weighted by Crippen LogP contribution is -2.53. The molecule has 1 N–H and O–H groups in total. The predicted octanol–water partition coefficient (Wildman–Crippen LogP) is 4.30. The number of aliphatic carboxylic acids is 1. The molecule has 2 saturated carbocycles. The van der Waals surface area contributed by atoms with Gasteiger partial charge >= 0.3 is 12.1 Å². The lowest BCUT2D eigenvalue weighted by atomic mass is 9.81. The Kier molecular flexibility index (Phi) is 6.22. The first-order valence-corrected chi connectivity index (χ1v) is 12.0. The Morgan fingerprint density at radius 1 is 1.03 bits per heavy atom. The molecule has 2 aliphatic carbocycles. The maximum atomic E-state index is 13.4. The highest BCUT2D eigenvalue weighted by Crippen LogP contribution is 2.52. The highest BCUT2D eigenvalue weighted by Gasteiger charge is 2.51. The van der Waals surface area contributed by atoms with Crippen molar-refractivity contribution in [2.75, 3.05) is 4.90 Å². The van der Waals surface area contributed by atoms with Gasteiger partial charge in [0.15, 0.2) is 0 Å². The predicted molar refractivity (Wildman–Crippen MR) is 124 cm³/mol. The van der Waals surface area contributed by atoms with Crippen LogP contribution in [0.2, 0.25) is 0 Å². The van der Waals surface area contributed by atoms with Crippen LogP contribution in [0.4, 0.5) is 10.5 Å². The second-order valence-electron chi connectivity index (χ2n) is 9.37. The molecular weight excluding hydrogens is 434 g/mol. The van der Waals surface area contributed by atoms with Gasteiger partial charge in [-0.1, -0.05) is 24.6 Å². The van der Waals surface area contributed by atoms with E-state index >= 15 is 0 Å². The van der Waals surface area contributed by atoms with E-state index in [0.717, 1.165) is 48.9 Å². The van der Waals surface area contributed by atoms with Crippen LogP contribution in [0.1, 0.15) is 62.1 Å². The number of benzene rings is 1. The molecule has 1 aromatic carbocycles. The number of amides is 2. The minimum Gasteiger partial charge on any atom is -0.481 e. The highest BCUT2D eigenvalue weighted by molar-refractivity contribution is 5.91. The molecule has 2 fully saturated rings. The largest absolute Gasteiger partial charge is 0.481 e. The monoisotopic (exact) mass is 463 g/mol. The topological polar surface area (TPSA) is 100 Å². The summed E-state index contributed by atoms with van der Waals surface area (Å²) in [6.45, 7) is 0.169. The molecule has 3 atom stereocenters. The second kappa shape index (κ2) is 9.44. The number of carboxylic acid groups (broad SMARTS) is 1. The van der Waals surface area contributed by atoms with Crippen molar-refractivity contribution in [2.45, 2.75) is 69.7 Å². The average molecular weight is 464 g/mol. The number of rotatable bonds is 7. The lowest BCUT2D eigenvalue weighted by molar-refractivity contribution is -0.142. The van der Waals surface area contributed by atoms with Crippen molar-refractivity contribution in [1.82, 2.24) is 9.88 Å². The van der Waals surface area contributed by atoms with E-state index in [1.165, 1.54) is 0 Å². The van der Waals surface area contributed by atoms with Crippen molar-refractivity contribution in [2.24, 2.45) is 5.92 Å². The Morgan fingerprint density at radius 2 is 1.79 bits per heavy atom. The zero-order valence-corrected chi connectivity index (χ0v) is 19.0. The van der Waals surface area contributed by atoms with Gasteiger partial charge in [-0.25, -0.2) is 4.79 Å². The van der Waals surface area contributed by atoms with E-state index in [-0.39, 0.29) is 55.5 Å². The molecule has 8 nitrogen and oxygen atoms in total. The quantitative estimate of drug-likeness (QED) is 0.657. The third-order valence-corrected chi connectivity index (χ3v) is 7.17. The third kappa shape index (κ3) is 4.36. The minimum absolute atomic E-state index is 0.000421. The van der Waals surface area contributed by atoms with Crippen LogP contribution < -0.4 is 4.90 Å². The summed E-state index contributed by atoms with van der Waals surface area (Å²) >= 11 is 0. The fourth-order valence-corrected chi connectivity index (χ4v) is 5.59. The number of aromatic nitrogens is 1. The number of hydrogen-bond donors (Lipinski definition) is 1. The summed E-state index contributed by atoms with van der Waals surface area (Å²) in [7, 11) is 0. The molecule has 3 unspecified atom stereocenters. The van der Waals surface area contributed by atoms with Crippen LogP contribution >= 0.6 is 0 Å². The zero-order valence-electron chi connectivity index (χ0n) is 19.0. The molecule has 2 amide bonds. The van der Waals surface area contributed by atoms with Gasteiger partial charge in [-0.3, -0.25) is 19.5 Å². The number of nitrogens with zero attached hydrogens (tertiary/aromatic N) is 3. The minimum atomic E-state index is -0.963. The molecule has 2 heterocycles. The van der Waals surface area contributed by atoms with Gasteiger partial charge in [0.1, 0.15) is 6.61 Å². The van der Waals surface area contributed by atoms with Crippen molar-refractivity contribution < 1.29 is 24.2 Å². The van der Waals surface area contributed by atoms with E-state index in [9.17, 15) is 14.4 Å². The average Bonchev–Trinajstić information content (AvgIpc) is 3.57. The van der Waals surface area contributed by atoms with Crippen molar-refractivity contribution in [3.05, 3.63) is 59.9 Å². The maximum Gasteiger partial charge on any atom is 0.414 e. The van der Waals surface area contributed by atoms with Gasteiger partial charge in [-0.2, -0.15) is 0 Å². The van der Waals surface area contributed by atoms with Crippen molar-refractivity contribution in [3.63, 3.8) is 0 Å². The van der Waals surface area contributed by atoms with E-state index in [1.54, 1.807) is 17.3 Å². The summed E-state index contributed by atoms with van der Waals surface area (Å²) in [5.41, 5.74) is 2.60. The van der Waals surface area contributed by atoms with Crippen molar-refractivity contribution in [1.29, 1.82) is 0 Å². The van der Waals surface area contributed by atoms with Gasteiger partial charge < -0.3 is 14.7 Å². The Bertz CT molecular complexity index is 1070. The summed E-state index contributed by atoms with van der Waals surface area (Å²) in [6.07, 6.45) is 7.39. The molecular formula is C26H29N3O5. The number of hydrogen-bond acceptors (Lipinski definition) is 5. The number of anilines is 1. The number of carbonyl (C=O) groups excluding carboxylic acids is 2. The van der Waals surface area contributed by atoms with Gasteiger partial charge in [0.05, 0.1) is 18.2 Å². The van der Waals surface area contributed by atoms with E-state index in [4.69, 9.17) is 9.84 Å². The van der Waals surface area contributed by atoms with Crippen LogP contribution in [0.5, 0.6) is 0 Å². The summed E-state index contributed by atoms with van der Waals surface area (Å²) in [5, 5.41) is 9.11. The molecule has 1 aliphatic heterocycles. The van der Waals surface area contributed by atoms with Gasteiger partial charge in [-0.05, 0) is 55.0 Å². The maximum absolute atomic E-state index is 13.4. The fraction of sp³-hybridized carbons (Fsp3) is 0.462. The van der Waals surface area contributed by atoms with Gasteiger partial charge in [-0.15, -0.1) is 0 Å². The molecule has 0 spiro atoms. The van der Waals surface area contributed by atoms with Crippen molar-refractivity contribution >= 4 is 23.7 Å². The molecule has 2 aromatic rings. The normalized spacial score (nSPS) is 23.1. The van der Waals surface area contributed by atoms with Gasteiger partial charge in [0, 0.05) is 36.8 Å². The fourth-order valence-electron chi connectivity index (χ4n) is 5.59. The first-order valence-electron chi connectivity index (χ1n) is 12.0. The number of fused-ring (bicyclic) bond motifs is 2. The molecule has 8 heteroatoms. The van der Waals surface area contributed by atoms with Gasteiger partial charge in [0.2, 0.25) is 5.91 Å². The Morgan fingerprint density at radius 3 is 2.53 bits per heavy atom. The van der Waals surface area contributed by atoms with E-state index in [1.807, 2.05) is 41.3 Å². The molecule has 178 valence electrons. The number of pyridine rings is 1. The highest BCUT2D eigenvalue weighted by atomic mass is 16.6. The van der Waals surface area contributed by atoms with Crippen LogP contribution in [0.15, 0.2) is 48.8 Å². The smallest absolute Gasteiger partial charge is 0.414 e. The van der Waals surface area contributed by atoms with E-state index in [0.29, 0.717) is 0 Å². The summed E-state index contributed by atoms with van der Waals surface area (Å²) < 4.78 is 5.71. The molecule has 5 rings (SSSR count). The Hall–Kier alpha value is -3.42.